The molecule has 5 nitrogen and oxygen atoms in total. The average Bonchev–Trinajstić information content (AvgIpc) is 2.91. The molecule has 0 aliphatic heterocycles. The molecule has 0 aromatic rings. The number of nitrogens with zero attached hydrogens (tertiary/aromatic N) is 1. The lowest BCUT2D eigenvalue weighted by atomic mass is 9.94. The molecule has 0 aromatic carbocycles. The summed E-state index contributed by atoms with van der Waals surface area (Å²) >= 11 is 0. The summed E-state index contributed by atoms with van der Waals surface area (Å²) in [5.74, 6) is -0.270. The van der Waals surface area contributed by atoms with Gasteiger partial charge in [0.2, 0.25) is 0 Å². The van der Waals surface area contributed by atoms with Gasteiger partial charge in [0.25, 0.3) is 0 Å². The number of hydrogen-bond donors (Lipinski definition) is 0. The van der Waals surface area contributed by atoms with Crippen molar-refractivity contribution in [1.82, 2.24) is 4.90 Å². The second-order valence-electron chi connectivity index (χ2n) is 12.0. The summed E-state index contributed by atoms with van der Waals surface area (Å²) < 4.78 is 11.7. The third kappa shape index (κ3) is 25.6. The van der Waals surface area contributed by atoms with Gasteiger partial charge >= 0.3 is 11.9 Å². The van der Waals surface area contributed by atoms with Crippen LogP contribution in [-0.4, -0.2) is 50.2 Å². The van der Waals surface area contributed by atoms with Crippen molar-refractivity contribution >= 4 is 11.9 Å². The topological polar surface area (TPSA) is 55.8 Å². The maximum absolute atomic E-state index is 13.1. The van der Waals surface area contributed by atoms with Crippen molar-refractivity contribution in [3.05, 3.63) is 0 Å². The van der Waals surface area contributed by atoms with E-state index in [1.165, 1.54) is 89.9 Å². The Morgan fingerprint density at radius 3 is 1.51 bits per heavy atom. The normalized spacial score (nSPS) is 12.3. The number of carbonyl (C=O) groups excluding carboxylic acids is 2. The van der Waals surface area contributed by atoms with Gasteiger partial charge in [0.1, 0.15) is 12.7 Å². The van der Waals surface area contributed by atoms with Gasteiger partial charge in [0.05, 0.1) is 5.92 Å². The molecule has 0 aliphatic carbocycles. The minimum Gasteiger partial charge on any atom is -0.462 e. The molecule has 1 atom stereocenters. The Kier molecular flexibility index (Phi) is 27.6. The molecule has 0 radical (unpaired) electrons. The quantitative estimate of drug-likeness (QED) is 0.0681. The van der Waals surface area contributed by atoms with E-state index in [0.717, 1.165) is 57.9 Å². The summed E-state index contributed by atoms with van der Waals surface area (Å²) in [6, 6.07) is 0. The largest absolute Gasteiger partial charge is 0.462 e. The Balaban J connectivity index is 4.69. The average molecular weight is 554 g/mol. The van der Waals surface area contributed by atoms with Crippen LogP contribution in [0.2, 0.25) is 0 Å². The zero-order valence-corrected chi connectivity index (χ0v) is 26.9. The zero-order chi connectivity index (χ0) is 29.0. The second kappa shape index (κ2) is 28.4. The minimum absolute atomic E-state index is 0.0209. The highest BCUT2D eigenvalue weighted by atomic mass is 16.6. The number of ether oxygens (including phenoxy) is 2. The molecule has 39 heavy (non-hydrogen) atoms. The highest BCUT2D eigenvalue weighted by molar-refractivity contribution is 5.72. The standard InChI is InChI=1S/C34H67NO4/c1-6-9-12-15-16-17-18-19-20-23-27-32(39-33(36)28-24-29-35(4)5)30-38-34(37)31(25-21-13-10-7-2)26-22-14-11-8-3/h31-32H,6-30H2,1-5H3. The molecule has 0 aliphatic rings. The van der Waals surface area contributed by atoms with E-state index in [1.54, 1.807) is 0 Å². The first-order chi connectivity index (χ1) is 18.9. The molecule has 1 unspecified atom stereocenters. The fourth-order valence-electron chi connectivity index (χ4n) is 5.13. The number of rotatable bonds is 29. The van der Waals surface area contributed by atoms with Gasteiger partial charge in [-0.25, -0.2) is 0 Å². The monoisotopic (exact) mass is 554 g/mol. The molecule has 0 bridgehead atoms. The first kappa shape index (κ1) is 37.9. The van der Waals surface area contributed by atoms with Crippen molar-refractivity contribution in [2.75, 3.05) is 27.2 Å². The predicted molar refractivity (Wildman–Crippen MR) is 166 cm³/mol. The van der Waals surface area contributed by atoms with Gasteiger partial charge in [-0.05, 0) is 52.7 Å². The Hall–Kier alpha value is -1.10. The van der Waals surface area contributed by atoms with E-state index in [0.29, 0.717) is 6.42 Å². The van der Waals surface area contributed by atoms with E-state index in [-0.39, 0.29) is 30.6 Å². The van der Waals surface area contributed by atoms with Crippen LogP contribution < -0.4 is 0 Å². The molecule has 0 aromatic heterocycles. The summed E-state index contributed by atoms with van der Waals surface area (Å²) in [7, 11) is 4.03. The highest BCUT2D eigenvalue weighted by Crippen LogP contribution is 2.21. The summed E-state index contributed by atoms with van der Waals surface area (Å²) in [6.07, 6.45) is 25.6. The summed E-state index contributed by atoms with van der Waals surface area (Å²) in [5, 5.41) is 0. The lowest BCUT2D eigenvalue weighted by molar-refractivity contribution is -0.162. The molecule has 0 saturated heterocycles. The Labute approximate surface area is 243 Å². The molecule has 0 heterocycles. The number of esters is 2. The van der Waals surface area contributed by atoms with Gasteiger partial charge in [0, 0.05) is 6.42 Å². The minimum atomic E-state index is -0.323. The van der Waals surface area contributed by atoms with E-state index in [1.807, 2.05) is 14.1 Å². The SMILES string of the molecule is CCCCCCCCCCCCC(COC(=O)C(CCCCCC)CCCCCC)OC(=O)CCCN(C)C. The summed E-state index contributed by atoms with van der Waals surface area (Å²) in [6.45, 7) is 7.76. The number of carbonyl (C=O) groups is 2. The zero-order valence-electron chi connectivity index (χ0n) is 26.9. The van der Waals surface area contributed by atoms with Crippen LogP contribution in [0.3, 0.4) is 0 Å². The van der Waals surface area contributed by atoms with Crippen molar-refractivity contribution < 1.29 is 19.1 Å². The van der Waals surface area contributed by atoms with Gasteiger partial charge in [-0.3, -0.25) is 9.59 Å². The fourth-order valence-corrected chi connectivity index (χ4v) is 5.13. The first-order valence-corrected chi connectivity index (χ1v) is 16.9. The Morgan fingerprint density at radius 1 is 0.590 bits per heavy atom. The third-order valence-corrected chi connectivity index (χ3v) is 7.72. The van der Waals surface area contributed by atoms with E-state index in [2.05, 4.69) is 25.7 Å². The molecule has 0 spiro atoms. The van der Waals surface area contributed by atoms with Gasteiger partial charge in [-0.1, -0.05) is 130 Å². The van der Waals surface area contributed by atoms with E-state index in [9.17, 15) is 9.59 Å². The van der Waals surface area contributed by atoms with Crippen molar-refractivity contribution in [2.24, 2.45) is 5.92 Å². The van der Waals surface area contributed by atoms with Gasteiger partial charge in [-0.2, -0.15) is 0 Å². The van der Waals surface area contributed by atoms with Crippen LogP contribution in [0.5, 0.6) is 0 Å². The number of hydrogen-bond acceptors (Lipinski definition) is 5. The lowest BCUT2D eigenvalue weighted by Crippen LogP contribution is -2.28. The fraction of sp³-hybridized carbons (Fsp3) is 0.941. The van der Waals surface area contributed by atoms with Gasteiger partial charge < -0.3 is 14.4 Å². The van der Waals surface area contributed by atoms with E-state index < -0.39 is 0 Å². The number of unbranched alkanes of at least 4 members (excludes halogenated alkanes) is 15. The van der Waals surface area contributed by atoms with E-state index >= 15 is 0 Å². The van der Waals surface area contributed by atoms with Crippen LogP contribution in [0.1, 0.15) is 168 Å². The van der Waals surface area contributed by atoms with Gasteiger partial charge in [0.15, 0.2) is 0 Å². The van der Waals surface area contributed by atoms with Crippen molar-refractivity contribution in [3.8, 4) is 0 Å². The summed E-state index contributed by atoms with van der Waals surface area (Å²) in [5.41, 5.74) is 0. The van der Waals surface area contributed by atoms with E-state index in [4.69, 9.17) is 9.47 Å². The molecule has 0 fully saturated rings. The van der Waals surface area contributed by atoms with Crippen LogP contribution in [0.15, 0.2) is 0 Å². The Bertz CT molecular complexity index is 539. The maximum atomic E-state index is 13.1. The third-order valence-electron chi connectivity index (χ3n) is 7.72. The molecule has 0 N–H and O–H groups in total. The predicted octanol–water partition coefficient (Wildman–Crippen LogP) is 9.65. The second-order valence-corrected chi connectivity index (χ2v) is 12.0. The van der Waals surface area contributed by atoms with Crippen molar-refractivity contribution in [2.45, 2.75) is 175 Å². The molecule has 0 rings (SSSR count). The first-order valence-electron chi connectivity index (χ1n) is 16.9. The van der Waals surface area contributed by atoms with Crippen LogP contribution in [0, 0.1) is 5.92 Å². The molecule has 0 saturated carbocycles. The summed E-state index contributed by atoms with van der Waals surface area (Å²) in [4.78, 5) is 27.7. The van der Waals surface area contributed by atoms with Crippen LogP contribution in [-0.2, 0) is 19.1 Å². The molecular weight excluding hydrogens is 486 g/mol. The van der Waals surface area contributed by atoms with Gasteiger partial charge in [-0.15, -0.1) is 0 Å². The smallest absolute Gasteiger partial charge is 0.309 e. The molecular formula is C34H67NO4. The molecule has 0 amide bonds. The van der Waals surface area contributed by atoms with Crippen LogP contribution in [0.4, 0.5) is 0 Å². The highest BCUT2D eigenvalue weighted by Gasteiger charge is 2.22. The van der Waals surface area contributed by atoms with Crippen molar-refractivity contribution in [1.29, 1.82) is 0 Å². The maximum Gasteiger partial charge on any atom is 0.309 e. The van der Waals surface area contributed by atoms with Crippen LogP contribution >= 0.6 is 0 Å². The molecule has 5 heteroatoms. The molecule has 232 valence electrons. The Morgan fingerprint density at radius 2 is 1.03 bits per heavy atom. The lowest BCUT2D eigenvalue weighted by Gasteiger charge is -2.21. The van der Waals surface area contributed by atoms with Crippen molar-refractivity contribution in [3.63, 3.8) is 0 Å². The van der Waals surface area contributed by atoms with Crippen LogP contribution in [0.25, 0.3) is 0 Å².